The van der Waals surface area contributed by atoms with Gasteiger partial charge in [-0.1, -0.05) is 26.0 Å². The van der Waals surface area contributed by atoms with E-state index in [1.807, 2.05) is 38.1 Å². The molecule has 0 radical (unpaired) electrons. The summed E-state index contributed by atoms with van der Waals surface area (Å²) in [5.41, 5.74) is 7.15. The van der Waals surface area contributed by atoms with E-state index in [0.717, 1.165) is 11.3 Å². The molecule has 0 aromatic heterocycles. The van der Waals surface area contributed by atoms with E-state index < -0.39 is 0 Å². The van der Waals surface area contributed by atoms with Gasteiger partial charge in [0.2, 0.25) is 5.91 Å². The van der Waals surface area contributed by atoms with Gasteiger partial charge in [-0.05, 0) is 24.1 Å². The minimum absolute atomic E-state index is 0.00773. The molecule has 4 N–H and O–H groups in total. The minimum atomic E-state index is -0.267. The zero-order valence-corrected chi connectivity index (χ0v) is 11.1. The lowest BCUT2D eigenvalue weighted by atomic mass is 9.95. The summed E-state index contributed by atoms with van der Waals surface area (Å²) in [7, 11) is 0. The Labute approximate surface area is 108 Å². The highest BCUT2D eigenvalue weighted by Crippen LogP contribution is 2.11. The summed E-state index contributed by atoms with van der Waals surface area (Å²) < 4.78 is 0. The summed E-state index contributed by atoms with van der Waals surface area (Å²) in [5.74, 6) is 0.00773. The lowest BCUT2D eigenvalue weighted by molar-refractivity contribution is -0.121. The second kappa shape index (κ2) is 6.40. The average Bonchev–Trinajstić information content (AvgIpc) is 2.36. The first-order chi connectivity index (χ1) is 8.43. The molecule has 0 bridgehead atoms. The van der Waals surface area contributed by atoms with Crippen LogP contribution >= 0.6 is 0 Å². The second-order valence-electron chi connectivity index (χ2n) is 5.34. The molecule has 1 aromatic rings. The second-order valence-corrected chi connectivity index (χ2v) is 5.34. The molecule has 0 aliphatic heterocycles. The Morgan fingerprint density at radius 2 is 1.94 bits per heavy atom. The zero-order chi connectivity index (χ0) is 13.6. The Balaban J connectivity index is 2.31. The summed E-state index contributed by atoms with van der Waals surface area (Å²) in [6.45, 7) is 4.37. The van der Waals surface area contributed by atoms with Crippen LogP contribution in [0.5, 0.6) is 0 Å². The molecular formula is C14H22N2O2. The van der Waals surface area contributed by atoms with Crippen molar-refractivity contribution in [2.75, 3.05) is 18.9 Å². The molecule has 0 saturated heterocycles. The largest absolute Gasteiger partial charge is 0.399 e. The van der Waals surface area contributed by atoms with E-state index in [1.54, 1.807) is 0 Å². The summed E-state index contributed by atoms with van der Waals surface area (Å²) in [4.78, 5) is 11.6. The van der Waals surface area contributed by atoms with Crippen molar-refractivity contribution in [1.82, 2.24) is 5.32 Å². The predicted octanol–water partition coefficient (Wildman–Crippen LogP) is 1.34. The van der Waals surface area contributed by atoms with E-state index in [2.05, 4.69) is 5.32 Å². The van der Waals surface area contributed by atoms with Crippen LogP contribution in [-0.4, -0.2) is 24.2 Å². The fourth-order valence-corrected chi connectivity index (χ4v) is 1.42. The van der Waals surface area contributed by atoms with Crippen molar-refractivity contribution >= 4 is 11.6 Å². The highest BCUT2D eigenvalue weighted by Gasteiger charge is 2.17. The van der Waals surface area contributed by atoms with Crippen molar-refractivity contribution in [3.63, 3.8) is 0 Å². The van der Waals surface area contributed by atoms with Gasteiger partial charge in [-0.3, -0.25) is 4.79 Å². The van der Waals surface area contributed by atoms with Gasteiger partial charge >= 0.3 is 0 Å². The normalized spacial score (nSPS) is 11.3. The van der Waals surface area contributed by atoms with Gasteiger partial charge in [0.25, 0.3) is 0 Å². The number of benzene rings is 1. The minimum Gasteiger partial charge on any atom is -0.399 e. The molecule has 1 amide bonds. The SMILES string of the molecule is CC(C)(CO)CNC(=O)CCc1ccc(N)cc1. The molecule has 0 heterocycles. The number of hydrogen-bond acceptors (Lipinski definition) is 3. The van der Waals surface area contributed by atoms with Gasteiger partial charge in [-0.2, -0.15) is 0 Å². The summed E-state index contributed by atoms with van der Waals surface area (Å²) in [5, 5.41) is 11.9. The van der Waals surface area contributed by atoms with Crippen LogP contribution in [0.2, 0.25) is 0 Å². The highest BCUT2D eigenvalue weighted by molar-refractivity contribution is 5.76. The maximum Gasteiger partial charge on any atom is 0.220 e. The number of rotatable bonds is 6. The number of carbonyl (C=O) groups is 1. The summed E-state index contributed by atoms with van der Waals surface area (Å²) in [6, 6.07) is 7.53. The van der Waals surface area contributed by atoms with Crippen LogP contribution in [0.25, 0.3) is 0 Å². The number of carbonyl (C=O) groups excluding carboxylic acids is 1. The third-order valence-electron chi connectivity index (χ3n) is 2.81. The van der Waals surface area contributed by atoms with Gasteiger partial charge in [0, 0.05) is 30.7 Å². The van der Waals surface area contributed by atoms with Gasteiger partial charge in [0.15, 0.2) is 0 Å². The molecule has 4 heteroatoms. The summed E-state index contributed by atoms with van der Waals surface area (Å²) in [6.07, 6.45) is 1.15. The maximum atomic E-state index is 11.6. The van der Waals surface area contributed by atoms with E-state index in [4.69, 9.17) is 10.8 Å². The van der Waals surface area contributed by atoms with Crippen molar-refractivity contribution in [3.05, 3.63) is 29.8 Å². The molecule has 4 nitrogen and oxygen atoms in total. The Morgan fingerprint density at radius 1 is 1.33 bits per heavy atom. The van der Waals surface area contributed by atoms with Crippen molar-refractivity contribution in [2.45, 2.75) is 26.7 Å². The number of nitrogen functional groups attached to an aromatic ring is 1. The highest BCUT2D eigenvalue weighted by atomic mass is 16.3. The smallest absolute Gasteiger partial charge is 0.220 e. The fourth-order valence-electron chi connectivity index (χ4n) is 1.42. The Bertz CT molecular complexity index is 385. The first-order valence-electron chi connectivity index (χ1n) is 6.15. The van der Waals surface area contributed by atoms with Gasteiger partial charge in [-0.25, -0.2) is 0 Å². The third-order valence-corrected chi connectivity index (χ3v) is 2.81. The van der Waals surface area contributed by atoms with Crippen LogP contribution in [0.3, 0.4) is 0 Å². The van der Waals surface area contributed by atoms with E-state index in [9.17, 15) is 4.79 Å². The van der Waals surface area contributed by atoms with Gasteiger partial charge in [0.05, 0.1) is 0 Å². The predicted molar refractivity (Wildman–Crippen MR) is 73.1 cm³/mol. The van der Waals surface area contributed by atoms with E-state index in [-0.39, 0.29) is 17.9 Å². The number of aryl methyl sites for hydroxylation is 1. The molecule has 0 unspecified atom stereocenters. The van der Waals surface area contributed by atoms with Crippen LogP contribution in [0.1, 0.15) is 25.8 Å². The van der Waals surface area contributed by atoms with Crippen LogP contribution in [0.15, 0.2) is 24.3 Å². The number of nitrogens with two attached hydrogens (primary N) is 1. The van der Waals surface area contributed by atoms with E-state index in [1.165, 1.54) is 0 Å². The molecule has 100 valence electrons. The van der Waals surface area contributed by atoms with E-state index >= 15 is 0 Å². The lowest BCUT2D eigenvalue weighted by Crippen LogP contribution is -2.36. The topological polar surface area (TPSA) is 75.3 Å². The number of amides is 1. The van der Waals surface area contributed by atoms with Crippen molar-refractivity contribution in [2.24, 2.45) is 5.41 Å². The van der Waals surface area contributed by atoms with Crippen molar-refractivity contribution in [3.8, 4) is 0 Å². The van der Waals surface area contributed by atoms with Gasteiger partial charge in [-0.15, -0.1) is 0 Å². The number of aliphatic hydroxyl groups excluding tert-OH is 1. The third kappa shape index (κ3) is 5.19. The molecule has 0 aliphatic carbocycles. The Kier molecular flexibility index (Phi) is 5.16. The molecule has 1 rings (SSSR count). The van der Waals surface area contributed by atoms with E-state index in [0.29, 0.717) is 19.4 Å². The van der Waals surface area contributed by atoms with Gasteiger partial charge < -0.3 is 16.2 Å². The van der Waals surface area contributed by atoms with Crippen molar-refractivity contribution < 1.29 is 9.90 Å². The van der Waals surface area contributed by atoms with Gasteiger partial charge in [0.1, 0.15) is 0 Å². The molecule has 0 atom stereocenters. The number of anilines is 1. The molecule has 0 spiro atoms. The molecule has 0 aliphatic rings. The Morgan fingerprint density at radius 3 is 2.50 bits per heavy atom. The van der Waals surface area contributed by atoms with Crippen LogP contribution in [0, 0.1) is 5.41 Å². The molecule has 1 aromatic carbocycles. The van der Waals surface area contributed by atoms with Crippen LogP contribution < -0.4 is 11.1 Å². The summed E-state index contributed by atoms with van der Waals surface area (Å²) >= 11 is 0. The van der Waals surface area contributed by atoms with Crippen LogP contribution in [-0.2, 0) is 11.2 Å². The Hall–Kier alpha value is -1.55. The zero-order valence-electron chi connectivity index (χ0n) is 11.1. The molecule has 18 heavy (non-hydrogen) atoms. The first kappa shape index (κ1) is 14.5. The number of nitrogens with one attached hydrogen (secondary N) is 1. The number of aliphatic hydroxyl groups is 1. The fraction of sp³-hybridized carbons (Fsp3) is 0.500. The molecule has 0 fully saturated rings. The average molecular weight is 250 g/mol. The first-order valence-corrected chi connectivity index (χ1v) is 6.15. The monoisotopic (exact) mass is 250 g/mol. The molecular weight excluding hydrogens is 228 g/mol. The van der Waals surface area contributed by atoms with Crippen molar-refractivity contribution in [1.29, 1.82) is 0 Å². The van der Waals surface area contributed by atoms with Crippen LogP contribution in [0.4, 0.5) is 5.69 Å². The number of hydrogen-bond donors (Lipinski definition) is 3. The lowest BCUT2D eigenvalue weighted by Gasteiger charge is -2.21. The standard InChI is InChI=1S/C14H22N2O2/c1-14(2,10-17)9-16-13(18)8-5-11-3-6-12(15)7-4-11/h3-4,6-7,17H,5,8-10,15H2,1-2H3,(H,16,18). The quantitative estimate of drug-likeness (QED) is 0.667. The molecule has 0 saturated carbocycles. The maximum absolute atomic E-state index is 11.6.